The van der Waals surface area contributed by atoms with Crippen LogP contribution in [-0.2, 0) is 0 Å². The van der Waals surface area contributed by atoms with Crippen molar-refractivity contribution in [3.05, 3.63) is 23.8 Å². The number of nitrogens with two attached hydrogens (primary N) is 1. The molecule has 1 aromatic carbocycles. The van der Waals surface area contributed by atoms with Crippen LogP contribution >= 0.6 is 0 Å². The van der Waals surface area contributed by atoms with Gasteiger partial charge in [0.05, 0.1) is 0 Å². The van der Waals surface area contributed by atoms with Crippen LogP contribution < -0.4 is 11.1 Å². The van der Waals surface area contributed by atoms with Crippen LogP contribution in [0.4, 0.5) is 0 Å². The van der Waals surface area contributed by atoms with Gasteiger partial charge in [0.2, 0.25) is 0 Å². The third-order valence-electron chi connectivity index (χ3n) is 3.48. The maximum Gasteiger partial charge on any atom is 0.251 e. The van der Waals surface area contributed by atoms with E-state index in [4.69, 9.17) is 10.8 Å². The smallest absolute Gasteiger partial charge is 0.251 e. The highest BCUT2D eigenvalue weighted by atomic mass is 16.3. The van der Waals surface area contributed by atoms with Crippen LogP contribution in [-0.4, -0.2) is 28.7 Å². The van der Waals surface area contributed by atoms with Crippen molar-refractivity contribution in [1.29, 1.82) is 0 Å². The van der Waals surface area contributed by atoms with Gasteiger partial charge in [-0.15, -0.1) is 0 Å². The summed E-state index contributed by atoms with van der Waals surface area (Å²) in [5, 5.41) is 21.3. The molecule has 1 aromatic rings. The van der Waals surface area contributed by atoms with Crippen LogP contribution in [0.15, 0.2) is 18.2 Å². The maximum atomic E-state index is 11.8. The van der Waals surface area contributed by atoms with Gasteiger partial charge < -0.3 is 21.3 Å². The summed E-state index contributed by atoms with van der Waals surface area (Å²) in [4.78, 5) is 11.8. The Balaban J connectivity index is 1.93. The molecule has 18 heavy (non-hydrogen) atoms. The van der Waals surface area contributed by atoms with Crippen molar-refractivity contribution < 1.29 is 15.0 Å². The quantitative estimate of drug-likeness (QED) is 0.601. The molecule has 0 aliphatic heterocycles. The van der Waals surface area contributed by atoms with Crippen LogP contribution in [0.5, 0.6) is 11.5 Å². The zero-order valence-electron chi connectivity index (χ0n) is 10.1. The van der Waals surface area contributed by atoms with Crippen molar-refractivity contribution in [3.8, 4) is 11.5 Å². The Morgan fingerprint density at radius 1 is 1.33 bits per heavy atom. The van der Waals surface area contributed by atoms with E-state index in [0.717, 1.165) is 19.3 Å². The van der Waals surface area contributed by atoms with Crippen molar-refractivity contribution in [3.63, 3.8) is 0 Å². The van der Waals surface area contributed by atoms with Gasteiger partial charge in [-0.1, -0.05) is 6.42 Å². The molecule has 1 fully saturated rings. The second-order valence-electron chi connectivity index (χ2n) is 4.77. The number of carbonyl (C=O) groups is 1. The molecule has 0 saturated heterocycles. The Kier molecular flexibility index (Phi) is 3.72. The summed E-state index contributed by atoms with van der Waals surface area (Å²) in [5.74, 6) is -0.450. The molecule has 5 heteroatoms. The second kappa shape index (κ2) is 5.27. The van der Waals surface area contributed by atoms with E-state index in [9.17, 15) is 9.90 Å². The summed E-state index contributed by atoms with van der Waals surface area (Å²) in [6.45, 7) is 0.557. The summed E-state index contributed by atoms with van der Waals surface area (Å²) < 4.78 is 0. The first-order valence-electron chi connectivity index (χ1n) is 6.13. The molecule has 0 aromatic heterocycles. The average molecular weight is 250 g/mol. The number of hydrogen-bond donors (Lipinski definition) is 4. The number of amides is 1. The molecule has 0 spiro atoms. The van der Waals surface area contributed by atoms with E-state index in [0.29, 0.717) is 18.0 Å². The third-order valence-corrected chi connectivity index (χ3v) is 3.48. The molecule has 0 radical (unpaired) electrons. The summed E-state index contributed by atoms with van der Waals surface area (Å²) in [5.41, 5.74) is 6.25. The standard InChI is InChI=1S/C13H18N2O3/c14-10-3-1-2-9(10)7-15-13(18)8-4-5-11(16)12(17)6-8/h4-6,9-10,16-17H,1-3,7,14H2,(H,15,18). The van der Waals surface area contributed by atoms with Gasteiger partial charge >= 0.3 is 0 Å². The summed E-state index contributed by atoms with van der Waals surface area (Å²) in [7, 11) is 0. The topological polar surface area (TPSA) is 95.6 Å². The van der Waals surface area contributed by atoms with Crippen molar-refractivity contribution in [2.24, 2.45) is 11.7 Å². The predicted molar refractivity (Wildman–Crippen MR) is 67.4 cm³/mol. The number of phenols is 2. The SMILES string of the molecule is NC1CCCC1CNC(=O)c1ccc(O)c(O)c1. The Morgan fingerprint density at radius 2 is 2.11 bits per heavy atom. The summed E-state index contributed by atoms with van der Waals surface area (Å²) >= 11 is 0. The van der Waals surface area contributed by atoms with Gasteiger partial charge in [0.1, 0.15) is 0 Å². The molecule has 1 aliphatic carbocycles. The lowest BCUT2D eigenvalue weighted by Gasteiger charge is -2.15. The van der Waals surface area contributed by atoms with Gasteiger partial charge in [-0.05, 0) is 37.0 Å². The van der Waals surface area contributed by atoms with Crippen molar-refractivity contribution >= 4 is 5.91 Å². The summed E-state index contributed by atoms with van der Waals surface area (Å²) in [6, 6.07) is 4.18. The van der Waals surface area contributed by atoms with Crippen LogP contribution in [0, 0.1) is 5.92 Å². The lowest BCUT2D eigenvalue weighted by Crippen LogP contribution is -2.35. The molecule has 2 unspecified atom stereocenters. The lowest BCUT2D eigenvalue weighted by atomic mass is 10.0. The Bertz CT molecular complexity index is 448. The third kappa shape index (κ3) is 2.73. The van der Waals surface area contributed by atoms with E-state index in [1.807, 2.05) is 0 Å². The number of rotatable bonds is 3. The molecular weight excluding hydrogens is 232 g/mol. The van der Waals surface area contributed by atoms with Crippen LogP contribution in [0.1, 0.15) is 29.6 Å². The van der Waals surface area contributed by atoms with Crippen LogP contribution in [0.25, 0.3) is 0 Å². The number of phenolic OH excluding ortho intramolecular Hbond substituents is 2. The molecular formula is C13H18N2O3. The van der Waals surface area contributed by atoms with Crippen molar-refractivity contribution in [1.82, 2.24) is 5.32 Å². The normalized spacial score (nSPS) is 22.9. The maximum absolute atomic E-state index is 11.8. The number of carbonyl (C=O) groups excluding carboxylic acids is 1. The summed E-state index contributed by atoms with van der Waals surface area (Å²) in [6.07, 6.45) is 3.17. The molecule has 5 nitrogen and oxygen atoms in total. The minimum absolute atomic E-state index is 0.165. The van der Waals surface area contributed by atoms with Crippen LogP contribution in [0.3, 0.4) is 0 Å². The minimum Gasteiger partial charge on any atom is -0.504 e. The zero-order chi connectivity index (χ0) is 13.1. The number of benzene rings is 1. The number of aromatic hydroxyl groups is 2. The highest BCUT2D eigenvalue weighted by Crippen LogP contribution is 2.25. The Morgan fingerprint density at radius 3 is 2.72 bits per heavy atom. The number of hydrogen-bond acceptors (Lipinski definition) is 4. The Labute approximate surface area is 106 Å². The first-order valence-corrected chi connectivity index (χ1v) is 6.13. The largest absolute Gasteiger partial charge is 0.504 e. The van der Waals surface area contributed by atoms with Gasteiger partial charge in [-0.3, -0.25) is 4.79 Å². The molecule has 0 heterocycles. The molecule has 98 valence electrons. The van der Waals surface area contributed by atoms with Gasteiger partial charge in [-0.2, -0.15) is 0 Å². The molecule has 2 rings (SSSR count). The molecule has 5 N–H and O–H groups in total. The molecule has 1 amide bonds. The van der Waals surface area contributed by atoms with E-state index in [2.05, 4.69) is 5.32 Å². The van der Waals surface area contributed by atoms with E-state index in [1.54, 1.807) is 0 Å². The molecule has 2 atom stereocenters. The van der Waals surface area contributed by atoms with E-state index >= 15 is 0 Å². The van der Waals surface area contributed by atoms with Crippen LogP contribution in [0.2, 0.25) is 0 Å². The fraction of sp³-hybridized carbons (Fsp3) is 0.462. The fourth-order valence-electron chi connectivity index (χ4n) is 2.31. The minimum atomic E-state index is -0.291. The fourth-order valence-corrected chi connectivity index (χ4v) is 2.31. The second-order valence-corrected chi connectivity index (χ2v) is 4.77. The average Bonchev–Trinajstić information content (AvgIpc) is 2.75. The number of nitrogens with one attached hydrogen (secondary N) is 1. The van der Waals surface area contributed by atoms with Gasteiger partial charge in [-0.25, -0.2) is 0 Å². The predicted octanol–water partition coefficient (Wildman–Crippen LogP) is 0.955. The van der Waals surface area contributed by atoms with E-state index in [-0.39, 0.29) is 23.4 Å². The highest BCUT2D eigenvalue weighted by molar-refractivity contribution is 5.94. The molecule has 1 saturated carbocycles. The molecule has 1 aliphatic rings. The highest BCUT2D eigenvalue weighted by Gasteiger charge is 2.24. The first kappa shape index (κ1) is 12.7. The van der Waals surface area contributed by atoms with Gasteiger partial charge in [0.15, 0.2) is 11.5 Å². The lowest BCUT2D eigenvalue weighted by molar-refractivity contribution is 0.0946. The van der Waals surface area contributed by atoms with Gasteiger partial charge in [0, 0.05) is 18.2 Å². The van der Waals surface area contributed by atoms with Crippen molar-refractivity contribution in [2.75, 3.05) is 6.54 Å². The first-order chi connectivity index (χ1) is 8.58. The monoisotopic (exact) mass is 250 g/mol. The van der Waals surface area contributed by atoms with Gasteiger partial charge in [0.25, 0.3) is 5.91 Å². The molecule has 0 bridgehead atoms. The van der Waals surface area contributed by atoms with Crippen molar-refractivity contribution in [2.45, 2.75) is 25.3 Å². The zero-order valence-corrected chi connectivity index (χ0v) is 10.1. The Hall–Kier alpha value is -1.75. The van der Waals surface area contributed by atoms with E-state index < -0.39 is 0 Å². The van der Waals surface area contributed by atoms with E-state index in [1.165, 1.54) is 18.2 Å².